The first-order valence-electron chi connectivity index (χ1n) is 12.1. The molecule has 1 aliphatic heterocycles. The molecule has 2 aromatic heterocycles. The Hall–Kier alpha value is -2.48. The number of nitrogens with zero attached hydrogens (tertiary/aromatic N) is 5. The molecule has 1 saturated heterocycles. The molecule has 1 aromatic carbocycles. The van der Waals surface area contributed by atoms with Gasteiger partial charge in [0, 0.05) is 16.1 Å². The number of rotatable bonds is 5. The summed E-state index contributed by atoms with van der Waals surface area (Å²) >= 11 is 12.6. The van der Waals surface area contributed by atoms with E-state index < -0.39 is 0 Å². The van der Waals surface area contributed by atoms with E-state index in [9.17, 15) is 4.79 Å². The van der Waals surface area contributed by atoms with Gasteiger partial charge in [0.25, 0.3) is 0 Å². The molecule has 0 bridgehead atoms. The van der Waals surface area contributed by atoms with Crippen LogP contribution in [0.3, 0.4) is 0 Å². The molecule has 184 valence electrons. The molecule has 1 aliphatic carbocycles. The molecule has 0 radical (unpaired) electrons. The lowest BCUT2D eigenvalue weighted by Gasteiger charge is -2.33. The molecule has 1 fully saturated rings. The van der Waals surface area contributed by atoms with Crippen LogP contribution in [0.2, 0.25) is 10.0 Å². The SMILES string of the molecule is COC(=O)C1CCCN1C1CC=C(c2cnc3c(C)nn([C@H](C)c4ccc(Cl)cc4Cl)c3n2)CC1. The van der Waals surface area contributed by atoms with E-state index in [0.29, 0.717) is 16.1 Å². The molecule has 7 nitrogen and oxygen atoms in total. The number of aromatic nitrogens is 4. The van der Waals surface area contributed by atoms with Crippen molar-refractivity contribution in [2.24, 2.45) is 0 Å². The number of halogens is 2. The van der Waals surface area contributed by atoms with Crippen molar-refractivity contribution < 1.29 is 9.53 Å². The number of methoxy groups -OCH3 is 1. The van der Waals surface area contributed by atoms with Gasteiger partial charge in [-0.15, -0.1) is 0 Å². The van der Waals surface area contributed by atoms with Crippen LogP contribution >= 0.6 is 23.2 Å². The summed E-state index contributed by atoms with van der Waals surface area (Å²) in [5.74, 6) is -0.118. The highest BCUT2D eigenvalue weighted by Gasteiger charge is 2.36. The average molecular weight is 514 g/mol. The van der Waals surface area contributed by atoms with Crippen LogP contribution in [0.25, 0.3) is 16.7 Å². The van der Waals surface area contributed by atoms with Gasteiger partial charge >= 0.3 is 5.97 Å². The Labute approximate surface area is 215 Å². The van der Waals surface area contributed by atoms with E-state index in [1.165, 1.54) is 12.7 Å². The zero-order valence-electron chi connectivity index (χ0n) is 20.2. The predicted molar refractivity (Wildman–Crippen MR) is 138 cm³/mol. The third-order valence-corrected chi connectivity index (χ3v) is 7.86. The first kappa shape index (κ1) is 24.2. The molecule has 2 aliphatic rings. The van der Waals surface area contributed by atoms with Gasteiger partial charge in [-0.05, 0) is 75.8 Å². The molecule has 5 rings (SSSR count). The van der Waals surface area contributed by atoms with Gasteiger partial charge in [0.1, 0.15) is 11.6 Å². The fourth-order valence-corrected chi connectivity index (χ4v) is 5.98. The summed E-state index contributed by atoms with van der Waals surface area (Å²) in [6.45, 7) is 4.94. The zero-order chi connectivity index (χ0) is 24.7. The van der Waals surface area contributed by atoms with Crippen molar-refractivity contribution in [1.82, 2.24) is 24.6 Å². The number of likely N-dealkylation sites (tertiary alicyclic amines) is 1. The summed E-state index contributed by atoms with van der Waals surface area (Å²) in [5, 5.41) is 5.94. The maximum Gasteiger partial charge on any atom is 0.323 e. The van der Waals surface area contributed by atoms with E-state index in [1.807, 2.05) is 36.9 Å². The van der Waals surface area contributed by atoms with Gasteiger partial charge in [-0.2, -0.15) is 5.10 Å². The maximum absolute atomic E-state index is 12.2. The molecule has 35 heavy (non-hydrogen) atoms. The Morgan fingerprint density at radius 1 is 1.26 bits per heavy atom. The molecular weight excluding hydrogens is 485 g/mol. The van der Waals surface area contributed by atoms with Gasteiger partial charge in [0.15, 0.2) is 5.65 Å². The van der Waals surface area contributed by atoms with Crippen molar-refractivity contribution in [3.63, 3.8) is 0 Å². The van der Waals surface area contributed by atoms with E-state index in [-0.39, 0.29) is 18.1 Å². The number of aryl methyl sites for hydroxylation is 1. The van der Waals surface area contributed by atoms with Crippen molar-refractivity contribution in [1.29, 1.82) is 0 Å². The monoisotopic (exact) mass is 513 g/mol. The summed E-state index contributed by atoms with van der Waals surface area (Å²) in [6.07, 6.45) is 8.77. The Kier molecular flexibility index (Phi) is 6.84. The van der Waals surface area contributed by atoms with E-state index >= 15 is 0 Å². The lowest BCUT2D eigenvalue weighted by atomic mass is 9.92. The smallest absolute Gasteiger partial charge is 0.323 e. The summed E-state index contributed by atoms with van der Waals surface area (Å²) in [6, 6.07) is 5.62. The van der Waals surface area contributed by atoms with Crippen LogP contribution in [0.1, 0.15) is 62.0 Å². The number of carbonyl (C=O) groups excluding carboxylic acids is 1. The second kappa shape index (κ2) is 9.88. The van der Waals surface area contributed by atoms with Gasteiger partial charge in [0.05, 0.1) is 30.7 Å². The normalized spacial score (nSPS) is 21.8. The van der Waals surface area contributed by atoms with Crippen LogP contribution < -0.4 is 0 Å². The lowest BCUT2D eigenvalue weighted by molar-refractivity contribution is -0.146. The minimum atomic E-state index is -0.129. The maximum atomic E-state index is 12.2. The minimum Gasteiger partial charge on any atom is -0.468 e. The molecule has 3 aromatic rings. The van der Waals surface area contributed by atoms with Crippen molar-refractivity contribution in [3.05, 3.63) is 57.5 Å². The van der Waals surface area contributed by atoms with Gasteiger partial charge in [0.2, 0.25) is 0 Å². The summed E-state index contributed by atoms with van der Waals surface area (Å²) in [4.78, 5) is 24.2. The van der Waals surface area contributed by atoms with Crippen LogP contribution in [0.15, 0.2) is 30.5 Å². The molecule has 2 unspecified atom stereocenters. The first-order valence-corrected chi connectivity index (χ1v) is 12.8. The third-order valence-electron chi connectivity index (χ3n) is 7.30. The Balaban J connectivity index is 1.42. The second-order valence-corrected chi connectivity index (χ2v) is 10.2. The number of hydrogen-bond acceptors (Lipinski definition) is 6. The Morgan fingerprint density at radius 3 is 2.80 bits per heavy atom. The number of ether oxygens (including phenoxy) is 1. The van der Waals surface area contributed by atoms with Gasteiger partial charge in [-0.1, -0.05) is 35.3 Å². The van der Waals surface area contributed by atoms with E-state index in [0.717, 1.165) is 66.8 Å². The highest BCUT2D eigenvalue weighted by Crippen LogP contribution is 2.34. The molecule has 3 atom stereocenters. The number of hydrogen-bond donors (Lipinski definition) is 0. The number of carbonyl (C=O) groups is 1. The van der Waals surface area contributed by atoms with Crippen molar-refractivity contribution in [2.45, 2.75) is 64.1 Å². The number of fused-ring (bicyclic) bond motifs is 1. The van der Waals surface area contributed by atoms with Crippen molar-refractivity contribution in [3.8, 4) is 0 Å². The molecule has 0 N–H and O–H groups in total. The average Bonchev–Trinajstić information content (AvgIpc) is 3.48. The van der Waals surface area contributed by atoms with Crippen LogP contribution in [-0.4, -0.2) is 56.4 Å². The van der Waals surface area contributed by atoms with Gasteiger partial charge in [-0.3, -0.25) is 9.69 Å². The lowest BCUT2D eigenvalue weighted by Crippen LogP contribution is -2.44. The minimum absolute atomic E-state index is 0.116. The molecule has 0 amide bonds. The standard InChI is InChI=1S/C26H29Cl2N5O2/c1-15-24-25(33(31-15)16(2)20-11-8-18(27)13-21(20)28)30-22(14-29-24)17-6-9-19(10-7-17)32-12-4-5-23(32)26(34)35-3/h6,8,11,13-14,16,19,23H,4-5,7,9-10,12H2,1-3H3/t16-,19?,23?/m1/s1. The van der Waals surface area contributed by atoms with E-state index in [1.54, 1.807) is 6.07 Å². The highest BCUT2D eigenvalue weighted by molar-refractivity contribution is 6.35. The van der Waals surface area contributed by atoms with Crippen LogP contribution in [0.4, 0.5) is 0 Å². The largest absolute Gasteiger partial charge is 0.468 e. The quantitative estimate of drug-likeness (QED) is 0.412. The van der Waals surface area contributed by atoms with Crippen LogP contribution in [-0.2, 0) is 9.53 Å². The van der Waals surface area contributed by atoms with E-state index in [4.69, 9.17) is 43.0 Å². The van der Waals surface area contributed by atoms with Gasteiger partial charge in [-0.25, -0.2) is 14.6 Å². The predicted octanol–water partition coefficient (Wildman–Crippen LogP) is 5.62. The number of allylic oxidation sites excluding steroid dienone is 1. The molecular formula is C26H29Cl2N5O2. The summed E-state index contributed by atoms with van der Waals surface area (Å²) in [7, 11) is 1.47. The van der Waals surface area contributed by atoms with Crippen molar-refractivity contribution in [2.75, 3.05) is 13.7 Å². The fraction of sp³-hybridized carbons (Fsp3) is 0.462. The number of esters is 1. The second-order valence-electron chi connectivity index (χ2n) is 9.38. The van der Waals surface area contributed by atoms with E-state index in [2.05, 4.69) is 11.0 Å². The van der Waals surface area contributed by atoms with Gasteiger partial charge < -0.3 is 4.74 Å². The Morgan fingerprint density at radius 2 is 2.09 bits per heavy atom. The Bertz CT molecular complexity index is 1300. The molecule has 3 heterocycles. The topological polar surface area (TPSA) is 73.1 Å². The summed E-state index contributed by atoms with van der Waals surface area (Å²) in [5.41, 5.74) is 5.35. The molecule has 9 heteroatoms. The highest BCUT2D eigenvalue weighted by atomic mass is 35.5. The van der Waals surface area contributed by atoms with Crippen LogP contribution in [0, 0.1) is 6.92 Å². The fourth-order valence-electron chi connectivity index (χ4n) is 5.42. The molecule has 0 spiro atoms. The zero-order valence-corrected chi connectivity index (χ0v) is 21.7. The van der Waals surface area contributed by atoms with Crippen LogP contribution in [0.5, 0.6) is 0 Å². The van der Waals surface area contributed by atoms with Crippen molar-refractivity contribution >= 4 is 45.9 Å². The molecule has 0 saturated carbocycles. The first-order chi connectivity index (χ1) is 16.9. The summed E-state index contributed by atoms with van der Waals surface area (Å²) < 4.78 is 6.92. The third kappa shape index (κ3) is 4.57. The number of benzene rings is 1.